The molecule has 2 heterocycles. The topological polar surface area (TPSA) is 78.5 Å². The number of hydrogen-bond acceptors (Lipinski definition) is 5. The molecule has 1 unspecified atom stereocenters. The van der Waals surface area contributed by atoms with Gasteiger partial charge in [0, 0.05) is 23.2 Å². The third kappa shape index (κ3) is 4.73. The van der Waals surface area contributed by atoms with Gasteiger partial charge in [-0.3, -0.25) is 4.90 Å². The number of nitrogens with one attached hydrogen (secondary N) is 2. The van der Waals surface area contributed by atoms with Crippen LogP contribution < -0.4 is 10.0 Å². The van der Waals surface area contributed by atoms with Crippen LogP contribution in [0.25, 0.3) is 0 Å². The second kappa shape index (κ2) is 9.39. The van der Waals surface area contributed by atoms with Gasteiger partial charge in [-0.1, -0.05) is 12.1 Å². The zero-order chi connectivity index (χ0) is 22.1. The second-order valence-electron chi connectivity index (χ2n) is 9.45. The van der Waals surface area contributed by atoms with Gasteiger partial charge in [0.15, 0.2) is 0 Å². The number of carbonyl (C=O) groups is 1. The van der Waals surface area contributed by atoms with Gasteiger partial charge in [0.05, 0.1) is 0 Å². The van der Waals surface area contributed by atoms with E-state index < -0.39 is 16.1 Å². The Morgan fingerprint density at radius 2 is 1.69 bits per heavy atom. The number of aryl methyl sites for hydroxylation is 2. The number of anilines is 1. The molecule has 2 aliphatic heterocycles. The maximum absolute atomic E-state index is 12.7. The smallest absolute Gasteiger partial charge is 0.307 e. The van der Waals surface area contributed by atoms with Crippen LogP contribution in [0.1, 0.15) is 60.8 Å². The fourth-order valence-corrected chi connectivity index (χ4v) is 7.80. The second-order valence-corrected chi connectivity index (χ2v) is 12.2. The zero-order valence-corrected chi connectivity index (χ0v) is 20.2. The highest BCUT2D eigenvalue weighted by molar-refractivity contribution is 7.99. The molecule has 5 rings (SSSR count). The third-order valence-corrected chi connectivity index (χ3v) is 9.46. The van der Waals surface area contributed by atoms with E-state index >= 15 is 0 Å². The fourth-order valence-electron chi connectivity index (χ4n) is 5.96. The number of urea groups is 1. The number of thioether (sulfide) groups is 1. The van der Waals surface area contributed by atoms with E-state index in [9.17, 15) is 13.2 Å². The molecule has 0 spiro atoms. The molecule has 1 aromatic rings. The van der Waals surface area contributed by atoms with E-state index in [1.807, 2.05) is 11.8 Å². The Kier molecular flexibility index (Phi) is 6.54. The lowest BCUT2D eigenvalue weighted by Gasteiger charge is -2.34. The summed E-state index contributed by atoms with van der Waals surface area (Å²) in [5, 5.41) is 4.11. The highest BCUT2D eigenvalue weighted by Crippen LogP contribution is 2.38. The van der Waals surface area contributed by atoms with Crippen LogP contribution >= 0.6 is 11.8 Å². The van der Waals surface area contributed by atoms with Crippen molar-refractivity contribution >= 4 is 33.5 Å². The van der Waals surface area contributed by atoms with Gasteiger partial charge in [-0.15, -0.1) is 0 Å². The predicted octanol–water partition coefficient (Wildman–Crippen LogP) is 3.99. The summed E-state index contributed by atoms with van der Waals surface area (Å²) in [7, 11) is -3.84. The Morgan fingerprint density at radius 3 is 2.38 bits per heavy atom. The van der Waals surface area contributed by atoms with Gasteiger partial charge in [-0.2, -0.15) is 11.8 Å². The van der Waals surface area contributed by atoms with E-state index in [2.05, 4.69) is 21.0 Å². The molecule has 2 aliphatic carbocycles. The summed E-state index contributed by atoms with van der Waals surface area (Å²) in [4.78, 5) is 15.1. The standard InChI is InChI=1S/C24H33N3O3S2/c28-24(25-23-21-7-1-4-17(21)16-18-5-2-8-22(18)23)26-32(29,30)15-11-19-6-3-12-27(19)20-9-13-31-14-10-20/h11,15-16,19-20H,1-10,12-14H2,(H2,25,26,28)/b15-11+. The molecule has 1 aromatic carbocycles. The van der Waals surface area contributed by atoms with E-state index in [4.69, 9.17) is 0 Å². The SMILES string of the molecule is O=C(Nc1c2c(cc3c1CCC3)CCC2)NS(=O)(=O)/C=C/C1CCCN1C1CCSCC1. The predicted molar refractivity (Wildman–Crippen MR) is 131 cm³/mol. The van der Waals surface area contributed by atoms with E-state index in [1.54, 1.807) is 6.08 Å². The summed E-state index contributed by atoms with van der Waals surface area (Å²) in [5.74, 6) is 2.37. The molecule has 0 saturated carbocycles. The number of likely N-dealkylation sites (tertiary alicyclic amines) is 1. The van der Waals surface area contributed by atoms with Crippen LogP contribution in [0.2, 0.25) is 0 Å². The van der Waals surface area contributed by atoms with Gasteiger partial charge in [-0.05, 0) is 105 Å². The Hall–Kier alpha value is -1.51. The van der Waals surface area contributed by atoms with Crippen LogP contribution in [0.15, 0.2) is 17.6 Å². The molecular weight excluding hydrogens is 442 g/mol. The summed E-state index contributed by atoms with van der Waals surface area (Å²) in [6, 6.07) is 2.33. The molecule has 174 valence electrons. The Balaban J connectivity index is 1.25. The van der Waals surface area contributed by atoms with E-state index in [1.165, 1.54) is 52.0 Å². The largest absolute Gasteiger partial charge is 0.333 e. The Labute approximate surface area is 195 Å². The van der Waals surface area contributed by atoms with Crippen LogP contribution in [-0.4, -0.2) is 49.5 Å². The first-order valence-electron chi connectivity index (χ1n) is 12.0. The normalized spacial score (nSPS) is 24.1. The van der Waals surface area contributed by atoms with Crippen molar-refractivity contribution in [2.24, 2.45) is 0 Å². The van der Waals surface area contributed by atoms with E-state index in [0.717, 1.165) is 63.6 Å². The minimum absolute atomic E-state index is 0.142. The van der Waals surface area contributed by atoms with Crippen LogP contribution in [0, 0.1) is 0 Å². The van der Waals surface area contributed by atoms with Gasteiger partial charge in [0.1, 0.15) is 0 Å². The Bertz CT molecular complexity index is 984. The monoisotopic (exact) mass is 475 g/mol. The zero-order valence-electron chi connectivity index (χ0n) is 18.6. The number of fused-ring (bicyclic) bond motifs is 2. The minimum Gasteiger partial charge on any atom is -0.307 e. The lowest BCUT2D eigenvalue weighted by molar-refractivity contribution is 0.194. The van der Waals surface area contributed by atoms with Crippen molar-refractivity contribution < 1.29 is 13.2 Å². The van der Waals surface area contributed by atoms with E-state index in [0.29, 0.717) is 6.04 Å². The Morgan fingerprint density at radius 1 is 1.00 bits per heavy atom. The minimum atomic E-state index is -3.84. The van der Waals surface area contributed by atoms with Crippen molar-refractivity contribution in [3.05, 3.63) is 39.8 Å². The molecule has 2 fully saturated rings. The van der Waals surface area contributed by atoms with Crippen molar-refractivity contribution in [1.82, 2.24) is 9.62 Å². The lowest BCUT2D eigenvalue weighted by Crippen LogP contribution is -2.40. The van der Waals surface area contributed by atoms with Gasteiger partial charge in [0.2, 0.25) is 0 Å². The molecule has 32 heavy (non-hydrogen) atoms. The van der Waals surface area contributed by atoms with Crippen LogP contribution in [0.3, 0.4) is 0 Å². The first-order valence-corrected chi connectivity index (χ1v) is 14.7. The highest BCUT2D eigenvalue weighted by Gasteiger charge is 2.31. The van der Waals surface area contributed by atoms with Crippen LogP contribution in [-0.2, 0) is 35.7 Å². The van der Waals surface area contributed by atoms with Crippen LogP contribution in [0.5, 0.6) is 0 Å². The van der Waals surface area contributed by atoms with Crippen molar-refractivity contribution in [2.75, 3.05) is 23.4 Å². The van der Waals surface area contributed by atoms with Gasteiger partial charge < -0.3 is 5.32 Å². The molecule has 0 bridgehead atoms. The summed E-state index contributed by atoms with van der Waals surface area (Å²) >= 11 is 2.00. The quantitative estimate of drug-likeness (QED) is 0.673. The van der Waals surface area contributed by atoms with Gasteiger partial charge in [0.25, 0.3) is 10.0 Å². The van der Waals surface area contributed by atoms with Crippen molar-refractivity contribution in [2.45, 2.75) is 76.3 Å². The van der Waals surface area contributed by atoms with Crippen molar-refractivity contribution in [1.29, 1.82) is 0 Å². The number of benzene rings is 1. The van der Waals surface area contributed by atoms with Gasteiger partial charge >= 0.3 is 6.03 Å². The van der Waals surface area contributed by atoms with Crippen molar-refractivity contribution in [3.63, 3.8) is 0 Å². The highest BCUT2D eigenvalue weighted by atomic mass is 32.2. The molecule has 4 aliphatic rings. The van der Waals surface area contributed by atoms with Gasteiger partial charge in [-0.25, -0.2) is 17.9 Å². The summed E-state index contributed by atoms with van der Waals surface area (Å²) in [6.45, 7) is 1.03. The number of sulfonamides is 1. The third-order valence-electron chi connectivity index (χ3n) is 7.43. The molecule has 2 amide bonds. The lowest BCUT2D eigenvalue weighted by atomic mass is 9.99. The molecule has 2 N–H and O–H groups in total. The maximum atomic E-state index is 12.7. The number of nitrogens with zero attached hydrogens (tertiary/aromatic N) is 1. The molecule has 2 saturated heterocycles. The first-order chi connectivity index (χ1) is 15.5. The summed E-state index contributed by atoms with van der Waals surface area (Å²) < 4.78 is 27.5. The summed E-state index contributed by atoms with van der Waals surface area (Å²) in [6.07, 6.45) is 12.4. The summed E-state index contributed by atoms with van der Waals surface area (Å²) in [5.41, 5.74) is 5.88. The maximum Gasteiger partial charge on any atom is 0.333 e. The average molecular weight is 476 g/mol. The van der Waals surface area contributed by atoms with Crippen molar-refractivity contribution in [3.8, 4) is 0 Å². The molecule has 0 radical (unpaired) electrons. The molecule has 0 aromatic heterocycles. The fraction of sp³-hybridized carbons (Fsp3) is 0.625. The number of carbonyl (C=O) groups excluding carboxylic acids is 1. The van der Waals surface area contributed by atoms with Crippen LogP contribution in [0.4, 0.5) is 10.5 Å². The number of amides is 2. The first kappa shape index (κ1) is 22.3. The molecule has 8 heteroatoms. The molecule has 1 atom stereocenters. The molecular formula is C24H33N3O3S2. The van der Waals surface area contributed by atoms with E-state index in [-0.39, 0.29) is 6.04 Å². The molecule has 6 nitrogen and oxygen atoms in total. The number of hydrogen-bond donors (Lipinski definition) is 2. The number of rotatable bonds is 5. The average Bonchev–Trinajstić information content (AvgIpc) is 3.52.